The molecule has 5 heteroatoms. The normalized spacial score (nSPS) is 23.8. The van der Waals surface area contributed by atoms with Gasteiger partial charge in [0.2, 0.25) is 0 Å². The van der Waals surface area contributed by atoms with Crippen molar-refractivity contribution in [3.63, 3.8) is 0 Å². The lowest BCUT2D eigenvalue weighted by atomic mass is 10.0. The van der Waals surface area contributed by atoms with Gasteiger partial charge in [-0.1, -0.05) is 6.42 Å². The Kier molecular flexibility index (Phi) is 4.58. The van der Waals surface area contributed by atoms with Crippen molar-refractivity contribution in [1.29, 1.82) is 0 Å². The third kappa shape index (κ3) is 3.64. The van der Waals surface area contributed by atoms with Crippen LogP contribution >= 0.6 is 0 Å². The number of rotatable bonds is 3. The predicted molar refractivity (Wildman–Crippen MR) is 79.1 cm³/mol. The zero-order valence-corrected chi connectivity index (χ0v) is 12.2. The summed E-state index contributed by atoms with van der Waals surface area (Å²) in [5, 5.41) is 0. The van der Waals surface area contributed by atoms with Crippen molar-refractivity contribution in [2.75, 3.05) is 31.1 Å². The van der Waals surface area contributed by atoms with E-state index in [2.05, 4.69) is 14.5 Å². The first-order valence-electron chi connectivity index (χ1n) is 7.76. The molecule has 2 aliphatic heterocycles. The molecule has 2 fully saturated rings. The Morgan fingerprint density at radius 2 is 1.76 bits per heavy atom. The molecular formula is C16H22F2N2O. The second-order valence-electron chi connectivity index (χ2n) is 5.86. The van der Waals surface area contributed by atoms with Crippen molar-refractivity contribution >= 4 is 5.69 Å². The second kappa shape index (κ2) is 6.60. The SMILES string of the molecule is FC(F)Oc1ccc(N2CCCN3CCCCC3C2)cc1. The van der Waals surface area contributed by atoms with Gasteiger partial charge >= 0.3 is 6.61 Å². The number of anilines is 1. The van der Waals surface area contributed by atoms with Crippen LogP contribution in [0.5, 0.6) is 5.75 Å². The van der Waals surface area contributed by atoms with E-state index in [1.54, 1.807) is 12.1 Å². The average molecular weight is 296 g/mol. The molecule has 1 unspecified atom stereocenters. The summed E-state index contributed by atoms with van der Waals surface area (Å²) >= 11 is 0. The number of hydrogen-bond acceptors (Lipinski definition) is 3. The van der Waals surface area contributed by atoms with E-state index in [9.17, 15) is 8.78 Å². The minimum absolute atomic E-state index is 0.225. The molecule has 3 nitrogen and oxygen atoms in total. The summed E-state index contributed by atoms with van der Waals surface area (Å²) in [7, 11) is 0. The highest BCUT2D eigenvalue weighted by molar-refractivity contribution is 5.49. The highest BCUT2D eigenvalue weighted by atomic mass is 19.3. The Morgan fingerprint density at radius 3 is 2.52 bits per heavy atom. The molecule has 2 aliphatic rings. The van der Waals surface area contributed by atoms with Crippen LogP contribution in [0.3, 0.4) is 0 Å². The van der Waals surface area contributed by atoms with Crippen LogP contribution in [0.2, 0.25) is 0 Å². The molecule has 0 spiro atoms. The highest BCUT2D eigenvalue weighted by Gasteiger charge is 2.27. The van der Waals surface area contributed by atoms with Gasteiger partial charge in [0.05, 0.1) is 0 Å². The van der Waals surface area contributed by atoms with Gasteiger partial charge in [-0.3, -0.25) is 4.90 Å². The molecule has 2 saturated heterocycles. The minimum atomic E-state index is -2.76. The number of fused-ring (bicyclic) bond motifs is 1. The van der Waals surface area contributed by atoms with E-state index in [0.29, 0.717) is 6.04 Å². The van der Waals surface area contributed by atoms with Gasteiger partial charge in [-0.05, 0) is 50.1 Å². The molecular weight excluding hydrogens is 274 g/mol. The van der Waals surface area contributed by atoms with Crippen molar-refractivity contribution in [1.82, 2.24) is 4.90 Å². The van der Waals surface area contributed by atoms with E-state index in [-0.39, 0.29) is 5.75 Å². The number of nitrogens with zero attached hydrogens (tertiary/aromatic N) is 2. The first-order valence-corrected chi connectivity index (χ1v) is 7.76. The summed E-state index contributed by atoms with van der Waals surface area (Å²) in [6.07, 6.45) is 5.06. The molecule has 0 saturated carbocycles. The van der Waals surface area contributed by atoms with Crippen molar-refractivity contribution in [3.8, 4) is 5.75 Å². The lowest BCUT2D eigenvalue weighted by molar-refractivity contribution is -0.0498. The Labute approximate surface area is 124 Å². The molecule has 21 heavy (non-hydrogen) atoms. The summed E-state index contributed by atoms with van der Waals surface area (Å²) in [6.45, 7) is 1.70. The summed E-state index contributed by atoms with van der Waals surface area (Å²) in [4.78, 5) is 4.99. The van der Waals surface area contributed by atoms with Gasteiger partial charge in [0.1, 0.15) is 5.75 Å². The summed E-state index contributed by atoms with van der Waals surface area (Å²) < 4.78 is 28.8. The average Bonchev–Trinajstić information content (AvgIpc) is 2.69. The maximum absolute atomic E-state index is 12.2. The van der Waals surface area contributed by atoms with Gasteiger partial charge in [0.15, 0.2) is 0 Å². The Balaban J connectivity index is 1.67. The summed E-state index contributed by atoms with van der Waals surface area (Å²) in [5.74, 6) is 0.225. The molecule has 0 N–H and O–H groups in total. The van der Waals surface area contributed by atoms with Crippen LogP contribution in [0, 0.1) is 0 Å². The minimum Gasteiger partial charge on any atom is -0.435 e. The van der Waals surface area contributed by atoms with Gasteiger partial charge in [-0.25, -0.2) is 0 Å². The fraction of sp³-hybridized carbons (Fsp3) is 0.625. The lowest BCUT2D eigenvalue weighted by Crippen LogP contribution is -2.44. The number of halogens is 2. The molecule has 1 aromatic carbocycles. The molecule has 1 aromatic rings. The molecule has 116 valence electrons. The molecule has 0 aromatic heterocycles. The van der Waals surface area contributed by atoms with Gasteiger partial charge in [0, 0.05) is 31.4 Å². The summed E-state index contributed by atoms with van der Waals surface area (Å²) in [6, 6.07) is 7.67. The number of piperidine rings is 1. The third-order valence-electron chi connectivity index (χ3n) is 4.48. The fourth-order valence-corrected chi connectivity index (χ4v) is 3.44. The van der Waals surface area contributed by atoms with Crippen LogP contribution < -0.4 is 9.64 Å². The Bertz CT molecular complexity index is 452. The highest BCUT2D eigenvalue weighted by Crippen LogP contribution is 2.26. The Hall–Kier alpha value is -1.36. The van der Waals surface area contributed by atoms with Crippen molar-refractivity contribution in [2.24, 2.45) is 0 Å². The smallest absolute Gasteiger partial charge is 0.387 e. The van der Waals surface area contributed by atoms with Crippen LogP contribution in [0.1, 0.15) is 25.7 Å². The van der Waals surface area contributed by atoms with E-state index < -0.39 is 6.61 Å². The number of hydrogen-bond donors (Lipinski definition) is 0. The van der Waals surface area contributed by atoms with Gasteiger partial charge in [-0.15, -0.1) is 0 Å². The third-order valence-corrected chi connectivity index (χ3v) is 4.48. The van der Waals surface area contributed by atoms with Crippen LogP contribution in [-0.2, 0) is 0 Å². The van der Waals surface area contributed by atoms with Crippen LogP contribution in [-0.4, -0.2) is 43.7 Å². The van der Waals surface area contributed by atoms with Gasteiger partial charge in [0.25, 0.3) is 0 Å². The van der Waals surface area contributed by atoms with E-state index in [0.717, 1.165) is 25.2 Å². The first-order chi connectivity index (χ1) is 10.2. The van der Waals surface area contributed by atoms with Crippen LogP contribution in [0.25, 0.3) is 0 Å². The largest absolute Gasteiger partial charge is 0.435 e. The fourth-order valence-electron chi connectivity index (χ4n) is 3.44. The van der Waals surface area contributed by atoms with E-state index in [1.165, 1.54) is 32.4 Å². The maximum Gasteiger partial charge on any atom is 0.387 e. The predicted octanol–water partition coefficient (Wildman–Crippen LogP) is 3.35. The lowest BCUT2D eigenvalue weighted by Gasteiger charge is -2.35. The quantitative estimate of drug-likeness (QED) is 0.850. The molecule has 1 atom stereocenters. The van der Waals surface area contributed by atoms with E-state index >= 15 is 0 Å². The van der Waals surface area contributed by atoms with Crippen molar-refractivity contribution in [2.45, 2.75) is 38.3 Å². The number of ether oxygens (including phenoxy) is 1. The number of benzene rings is 1. The topological polar surface area (TPSA) is 15.7 Å². The van der Waals surface area contributed by atoms with Crippen molar-refractivity contribution in [3.05, 3.63) is 24.3 Å². The monoisotopic (exact) mass is 296 g/mol. The summed E-state index contributed by atoms with van der Waals surface area (Å²) in [5.41, 5.74) is 1.10. The van der Waals surface area contributed by atoms with Crippen LogP contribution in [0.4, 0.5) is 14.5 Å². The molecule has 0 aliphatic carbocycles. The van der Waals surface area contributed by atoms with E-state index in [4.69, 9.17) is 0 Å². The zero-order chi connectivity index (χ0) is 14.7. The van der Waals surface area contributed by atoms with Crippen LogP contribution in [0.15, 0.2) is 24.3 Å². The first kappa shape index (κ1) is 14.6. The molecule has 0 amide bonds. The van der Waals surface area contributed by atoms with E-state index in [1.807, 2.05) is 12.1 Å². The second-order valence-corrected chi connectivity index (χ2v) is 5.86. The van der Waals surface area contributed by atoms with Gasteiger partial charge < -0.3 is 9.64 Å². The number of alkyl halides is 2. The molecule has 0 bridgehead atoms. The standard InChI is InChI=1S/C16H22F2N2O/c17-16(18)21-15-7-5-13(6-8-15)20-11-3-10-19-9-2-1-4-14(19)12-20/h5-8,14,16H,1-4,9-12H2. The molecule has 3 rings (SSSR count). The molecule has 2 heterocycles. The Morgan fingerprint density at radius 1 is 1.00 bits per heavy atom. The zero-order valence-electron chi connectivity index (χ0n) is 12.2. The maximum atomic E-state index is 12.2. The van der Waals surface area contributed by atoms with Crippen molar-refractivity contribution < 1.29 is 13.5 Å². The van der Waals surface area contributed by atoms with Gasteiger partial charge in [-0.2, -0.15) is 8.78 Å². The molecule has 0 radical (unpaired) electrons.